The molecule has 1 saturated carbocycles. The molecule has 2 rings (SSSR count). The molecule has 0 radical (unpaired) electrons. The molecule has 0 amide bonds. The van der Waals surface area contributed by atoms with Crippen molar-refractivity contribution in [2.24, 2.45) is 0 Å². The Morgan fingerprint density at radius 2 is 2.14 bits per heavy atom. The average molecular weight is 290 g/mol. The highest BCUT2D eigenvalue weighted by molar-refractivity contribution is 5.83. The number of rotatable bonds is 7. The van der Waals surface area contributed by atoms with Crippen molar-refractivity contribution in [2.75, 3.05) is 6.61 Å². The summed E-state index contributed by atoms with van der Waals surface area (Å²) in [4.78, 5) is 23.5. The number of hydrogen-bond acceptors (Lipinski definition) is 4. The molecule has 0 heterocycles. The Hall–Kier alpha value is -1.84. The highest BCUT2D eigenvalue weighted by Gasteiger charge is 2.53. The van der Waals surface area contributed by atoms with Gasteiger partial charge in [0, 0.05) is 5.92 Å². The van der Waals surface area contributed by atoms with E-state index in [1.54, 1.807) is 0 Å². The molecule has 4 heteroatoms. The molecule has 1 aliphatic carbocycles. The smallest absolute Gasteiger partial charge is 0.351 e. The van der Waals surface area contributed by atoms with E-state index < -0.39 is 11.6 Å². The standard InChI is InChI=1S/C17H22O4/c1-2-3-12-20-16(19)17(21-13-18)11-7-10-15(17)14-8-5-4-6-9-14/h4-6,8-9,13,15H,2-3,7,10-12H2,1H3. The molecule has 0 bridgehead atoms. The van der Waals surface area contributed by atoms with Crippen LogP contribution in [-0.2, 0) is 19.1 Å². The fourth-order valence-corrected chi connectivity index (χ4v) is 3.05. The van der Waals surface area contributed by atoms with Gasteiger partial charge >= 0.3 is 5.97 Å². The lowest BCUT2D eigenvalue weighted by atomic mass is 9.84. The first kappa shape index (κ1) is 15.5. The lowest BCUT2D eigenvalue weighted by Gasteiger charge is -2.31. The van der Waals surface area contributed by atoms with E-state index in [1.165, 1.54) is 0 Å². The van der Waals surface area contributed by atoms with E-state index in [-0.39, 0.29) is 5.92 Å². The normalized spacial score (nSPS) is 24.5. The van der Waals surface area contributed by atoms with Gasteiger partial charge in [0.2, 0.25) is 5.60 Å². The maximum atomic E-state index is 12.5. The highest BCUT2D eigenvalue weighted by atomic mass is 16.6. The largest absolute Gasteiger partial charge is 0.463 e. The third-order valence-corrected chi connectivity index (χ3v) is 4.14. The number of ether oxygens (including phenoxy) is 2. The molecule has 2 atom stereocenters. The van der Waals surface area contributed by atoms with Crippen molar-refractivity contribution in [3.8, 4) is 0 Å². The zero-order valence-electron chi connectivity index (χ0n) is 12.4. The van der Waals surface area contributed by atoms with Gasteiger partial charge in [-0.1, -0.05) is 43.7 Å². The summed E-state index contributed by atoms with van der Waals surface area (Å²) in [5.41, 5.74) is -0.138. The molecular weight excluding hydrogens is 268 g/mol. The highest BCUT2D eigenvalue weighted by Crippen LogP contribution is 2.45. The summed E-state index contributed by atoms with van der Waals surface area (Å²) < 4.78 is 10.6. The summed E-state index contributed by atoms with van der Waals surface area (Å²) in [5.74, 6) is -0.535. The summed E-state index contributed by atoms with van der Waals surface area (Å²) in [6.07, 6.45) is 3.96. The Morgan fingerprint density at radius 3 is 2.81 bits per heavy atom. The number of carbonyl (C=O) groups is 2. The first-order valence-corrected chi connectivity index (χ1v) is 7.58. The molecule has 0 saturated heterocycles. The summed E-state index contributed by atoms with van der Waals surface area (Å²) >= 11 is 0. The molecule has 1 aromatic carbocycles. The van der Waals surface area contributed by atoms with Crippen LogP contribution in [0.3, 0.4) is 0 Å². The fraction of sp³-hybridized carbons (Fsp3) is 0.529. The SMILES string of the molecule is CCCCOC(=O)C1(OC=O)CCCC1c1ccccc1. The Bertz CT molecular complexity index is 471. The van der Waals surface area contributed by atoms with Gasteiger partial charge in [0.05, 0.1) is 6.61 Å². The van der Waals surface area contributed by atoms with Crippen molar-refractivity contribution in [1.29, 1.82) is 0 Å². The van der Waals surface area contributed by atoms with Gasteiger partial charge in [-0.15, -0.1) is 0 Å². The molecule has 1 fully saturated rings. The summed E-state index contributed by atoms with van der Waals surface area (Å²) in [6, 6.07) is 9.74. The number of carbonyl (C=O) groups excluding carboxylic acids is 2. The molecule has 0 spiro atoms. The number of hydrogen-bond donors (Lipinski definition) is 0. The fourth-order valence-electron chi connectivity index (χ4n) is 3.05. The Labute approximate surface area is 125 Å². The van der Waals surface area contributed by atoms with Crippen molar-refractivity contribution >= 4 is 12.4 Å². The predicted octanol–water partition coefficient (Wildman–Crippen LogP) is 3.21. The quantitative estimate of drug-likeness (QED) is 0.439. The van der Waals surface area contributed by atoms with Gasteiger partial charge in [0.1, 0.15) is 0 Å². The zero-order chi connectivity index (χ0) is 15.1. The molecule has 0 aliphatic heterocycles. The van der Waals surface area contributed by atoms with Gasteiger partial charge in [-0.3, -0.25) is 4.79 Å². The molecular formula is C17H22O4. The maximum Gasteiger partial charge on any atom is 0.351 e. The van der Waals surface area contributed by atoms with E-state index in [4.69, 9.17) is 9.47 Å². The lowest BCUT2D eigenvalue weighted by molar-refractivity contribution is -0.177. The maximum absolute atomic E-state index is 12.5. The second-order valence-electron chi connectivity index (χ2n) is 5.45. The second-order valence-corrected chi connectivity index (χ2v) is 5.45. The minimum absolute atomic E-state index is 0.127. The van der Waals surface area contributed by atoms with Gasteiger partial charge in [-0.2, -0.15) is 0 Å². The first-order chi connectivity index (χ1) is 10.2. The van der Waals surface area contributed by atoms with E-state index in [1.807, 2.05) is 37.3 Å². The minimum Gasteiger partial charge on any atom is -0.463 e. The zero-order valence-corrected chi connectivity index (χ0v) is 12.4. The average Bonchev–Trinajstić information content (AvgIpc) is 2.93. The predicted molar refractivity (Wildman–Crippen MR) is 78.8 cm³/mol. The molecule has 0 N–H and O–H groups in total. The van der Waals surface area contributed by atoms with Crippen LogP contribution in [0.4, 0.5) is 0 Å². The van der Waals surface area contributed by atoms with Crippen LogP contribution in [0.25, 0.3) is 0 Å². The Balaban J connectivity index is 2.22. The van der Waals surface area contributed by atoms with Crippen LogP contribution in [0.15, 0.2) is 30.3 Å². The van der Waals surface area contributed by atoms with Crippen LogP contribution in [0.5, 0.6) is 0 Å². The van der Waals surface area contributed by atoms with Crippen molar-refractivity contribution in [1.82, 2.24) is 0 Å². The molecule has 21 heavy (non-hydrogen) atoms. The molecule has 1 aromatic rings. The van der Waals surface area contributed by atoms with Crippen LogP contribution >= 0.6 is 0 Å². The lowest BCUT2D eigenvalue weighted by Crippen LogP contribution is -2.45. The van der Waals surface area contributed by atoms with Crippen LogP contribution in [0.1, 0.15) is 50.5 Å². The van der Waals surface area contributed by atoms with Gasteiger partial charge in [0.25, 0.3) is 6.47 Å². The number of unbranched alkanes of at least 4 members (excludes halogenated alkanes) is 1. The first-order valence-electron chi connectivity index (χ1n) is 7.58. The number of esters is 1. The van der Waals surface area contributed by atoms with Gasteiger partial charge in [-0.25, -0.2) is 4.79 Å². The molecule has 0 aromatic heterocycles. The van der Waals surface area contributed by atoms with Gasteiger partial charge in [-0.05, 0) is 31.2 Å². The van der Waals surface area contributed by atoms with E-state index in [9.17, 15) is 9.59 Å². The van der Waals surface area contributed by atoms with Crippen LogP contribution in [0, 0.1) is 0 Å². The van der Waals surface area contributed by atoms with Crippen molar-refractivity contribution < 1.29 is 19.1 Å². The van der Waals surface area contributed by atoms with Crippen molar-refractivity contribution in [2.45, 2.75) is 50.5 Å². The third-order valence-electron chi connectivity index (χ3n) is 4.14. The second kappa shape index (κ2) is 7.25. The molecule has 1 aliphatic rings. The molecule has 114 valence electrons. The van der Waals surface area contributed by atoms with Gasteiger partial charge in [0.15, 0.2) is 0 Å². The summed E-state index contributed by atoms with van der Waals surface area (Å²) in [7, 11) is 0. The van der Waals surface area contributed by atoms with Crippen LogP contribution < -0.4 is 0 Å². The van der Waals surface area contributed by atoms with Crippen molar-refractivity contribution in [3.05, 3.63) is 35.9 Å². The van der Waals surface area contributed by atoms with Crippen LogP contribution in [0.2, 0.25) is 0 Å². The van der Waals surface area contributed by atoms with Crippen molar-refractivity contribution in [3.63, 3.8) is 0 Å². The van der Waals surface area contributed by atoms with E-state index in [2.05, 4.69) is 0 Å². The van der Waals surface area contributed by atoms with E-state index >= 15 is 0 Å². The molecule has 2 unspecified atom stereocenters. The monoisotopic (exact) mass is 290 g/mol. The molecule has 4 nitrogen and oxygen atoms in total. The Kier molecular flexibility index (Phi) is 5.37. The minimum atomic E-state index is -1.16. The Morgan fingerprint density at radius 1 is 1.38 bits per heavy atom. The summed E-state index contributed by atoms with van der Waals surface area (Å²) in [6.45, 7) is 2.79. The van der Waals surface area contributed by atoms with Crippen LogP contribution in [-0.4, -0.2) is 24.6 Å². The van der Waals surface area contributed by atoms with E-state index in [0.29, 0.717) is 19.5 Å². The third kappa shape index (κ3) is 3.26. The topological polar surface area (TPSA) is 52.6 Å². The van der Waals surface area contributed by atoms with Gasteiger partial charge < -0.3 is 9.47 Å². The number of benzene rings is 1. The summed E-state index contributed by atoms with van der Waals surface area (Å²) in [5, 5.41) is 0. The van der Waals surface area contributed by atoms with E-state index in [0.717, 1.165) is 31.2 Å².